The molecule has 0 unspecified atom stereocenters. The normalized spacial score (nSPS) is 10.6. The minimum absolute atomic E-state index is 0. The van der Waals surface area contributed by atoms with Crippen molar-refractivity contribution in [2.24, 2.45) is 0 Å². The molecule has 0 aromatic heterocycles. The van der Waals surface area contributed by atoms with Gasteiger partial charge in [0.15, 0.2) is 0 Å². The van der Waals surface area contributed by atoms with E-state index in [1.165, 1.54) is 99.4 Å². The number of hydrogen-bond acceptors (Lipinski definition) is 0. The SMILES string of the molecule is CCc1cc2c(C)c3cc(CC)[cH-]c3c(C)c2[cH-]1.Cc1c(C)c(C)[c-](C)c1C.Cc1c(C)c(C)[c-](C)c1C.[Ni+2].[Ni+2]. The van der Waals surface area contributed by atoms with E-state index in [0.29, 0.717) is 0 Å². The maximum atomic E-state index is 2.37. The topological polar surface area (TPSA) is 0 Å². The first kappa shape index (κ1) is 36.2. The first-order valence-corrected chi connectivity index (χ1v) is 14.4. The zero-order valence-corrected chi connectivity index (χ0v) is 29.3. The van der Waals surface area contributed by atoms with Crippen molar-refractivity contribution in [3.63, 3.8) is 0 Å². The van der Waals surface area contributed by atoms with Crippen LogP contribution in [0.3, 0.4) is 0 Å². The Morgan fingerprint density at radius 3 is 0.950 bits per heavy atom. The van der Waals surface area contributed by atoms with Gasteiger partial charge < -0.3 is 0 Å². The summed E-state index contributed by atoms with van der Waals surface area (Å²) in [7, 11) is 0. The molecule has 0 radical (unpaired) electrons. The Labute approximate surface area is 265 Å². The third-order valence-electron chi connectivity index (χ3n) is 9.96. The molecule has 222 valence electrons. The zero-order valence-electron chi connectivity index (χ0n) is 27.4. The van der Waals surface area contributed by atoms with Crippen LogP contribution in [0.2, 0.25) is 0 Å². The summed E-state index contributed by atoms with van der Waals surface area (Å²) in [6, 6.07) is 9.48. The molecule has 0 atom stereocenters. The van der Waals surface area contributed by atoms with Gasteiger partial charge in [-0.15, -0.1) is 55.9 Å². The molecule has 5 rings (SSSR count). The van der Waals surface area contributed by atoms with Crippen LogP contribution in [0.1, 0.15) is 91.7 Å². The van der Waals surface area contributed by atoms with Crippen LogP contribution in [0, 0.1) is 83.1 Å². The van der Waals surface area contributed by atoms with Crippen molar-refractivity contribution in [1.29, 1.82) is 0 Å². The van der Waals surface area contributed by atoms with Gasteiger partial charge >= 0.3 is 33.0 Å². The van der Waals surface area contributed by atoms with Crippen LogP contribution in [-0.2, 0) is 45.8 Å². The first-order chi connectivity index (χ1) is 17.8. The maximum absolute atomic E-state index is 2.37. The van der Waals surface area contributed by atoms with Gasteiger partial charge in [-0.25, -0.2) is 0 Å². The molecule has 0 aliphatic heterocycles. The van der Waals surface area contributed by atoms with E-state index < -0.39 is 0 Å². The number of fused-ring (bicyclic) bond motifs is 2. The quantitative estimate of drug-likeness (QED) is 0.136. The molecule has 0 spiro atoms. The summed E-state index contributed by atoms with van der Waals surface area (Å²) in [5.74, 6) is 0. The summed E-state index contributed by atoms with van der Waals surface area (Å²) >= 11 is 0. The molecule has 0 saturated carbocycles. The number of benzene rings is 1. The van der Waals surface area contributed by atoms with Crippen molar-refractivity contribution in [2.75, 3.05) is 0 Å². The predicted molar refractivity (Wildman–Crippen MR) is 172 cm³/mol. The molecule has 0 heterocycles. The van der Waals surface area contributed by atoms with Crippen molar-refractivity contribution in [3.05, 3.63) is 102 Å². The first-order valence-electron chi connectivity index (χ1n) is 14.4. The average Bonchev–Trinajstić information content (AvgIpc) is 3.64. The molecule has 40 heavy (non-hydrogen) atoms. The molecule has 5 aromatic rings. The molecule has 0 bridgehead atoms. The van der Waals surface area contributed by atoms with Crippen molar-refractivity contribution < 1.29 is 33.0 Å². The van der Waals surface area contributed by atoms with E-state index >= 15 is 0 Å². The fourth-order valence-corrected chi connectivity index (χ4v) is 5.89. The van der Waals surface area contributed by atoms with Gasteiger partial charge in [-0.3, -0.25) is 0 Å². The Bertz CT molecular complexity index is 1250. The van der Waals surface area contributed by atoms with Gasteiger partial charge in [0.2, 0.25) is 0 Å². The van der Waals surface area contributed by atoms with Crippen molar-refractivity contribution >= 4 is 21.5 Å². The molecule has 0 aliphatic rings. The number of rotatable bonds is 2. The van der Waals surface area contributed by atoms with Gasteiger partial charge in [0, 0.05) is 0 Å². The van der Waals surface area contributed by atoms with Crippen LogP contribution in [0.5, 0.6) is 0 Å². The molecule has 0 saturated heterocycles. The van der Waals surface area contributed by atoms with Crippen LogP contribution in [0.25, 0.3) is 21.5 Å². The Hall–Kier alpha value is -1.87. The molecular formula is C38H50Ni2. The summed E-state index contributed by atoms with van der Waals surface area (Å²) < 4.78 is 0. The second kappa shape index (κ2) is 14.3. The van der Waals surface area contributed by atoms with Crippen LogP contribution in [0.15, 0.2) is 24.3 Å². The summed E-state index contributed by atoms with van der Waals surface area (Å²) in [6.45, 7) is 31.0. The summed E-state index contributed by atoms with van der Waals surface area (Å²) in [4.78, 5) is 0. The summed E-state index contributed by atoms with van der Waals surface area (Å²) in [6.07, 6.45) is 2.25. The van der Waals surface area contributed by atoms with Gasteiger partial charge in [0.05, 0.1) is 0 Å². The van der Waals surface area contributed by atoms with Gasteiger partial charge in [0.25, 0.3) is 0 Å². The minimum atomic E-state index is 0. The molecule has 0 nitrogen and oxygen atoms in total. The summed E-state index contributed by atoms with van der Waals surface area (Å²) in [5.41, 5.74) is 20.5. The van der Waals surface area contributed by atoms with Crippen LogP contribution >= 0.6 is 0 Å². The maximum Gasteiger partial charge on any atom is 2.00 e. The van der Waals surface area contributed by atoms with E-state index in [0.717, 1.165) is 12.8 Å². The van der Waals surface area contributed by atoms with Gasteiger partial charge in [-0.2, -0.15) is 67.8 Å². The van der Waals surface area contributed by atoms with Crippen LogP contribution in [0.4, 0.5) is 0 Å². The molecular weight excluding hydrogens is 574 g/mol. The standard InChI is InChI=1S/C18H20.2C10H15.2Ni/c1-5-13-7-15-11(3)17-9-14(6-2)10-18(17)12(4)16(15)8-13;2*1-6-7(2)9(4)10(5)8(6)3;;/h7-10H,5-6H2,1-4H3;2*1-5H3;;/q-2;2*-1;2*+2. The van der Waals surface area contributed by atoms with Crippen LogP contribution in [-0.4, -0.2) is 0 Å². The van der Waals surface area contributed by atoms with E-state index in [9.17, 15) is 0 Å². The van der Waals surface area contributed by atoms with Crippen molar-refractivity contribution in [1.82, 2.24) is 0 Å². The van der Waals surface area contributed by atoms with Crippen molar-refractivity contribution in [2.45, 2.75) is 110 Å². The Morgan fingerprint density at radius 2 is 0.750 bits per heavy atom. The minimum Gasteiger partial charge on any atom is -0.196 e. The zero-order chi connectivity index (χ0) is 28.6. The Balaban J connectivity index is 0.000000315. The molecule has 0 N–H and O–H groups in total. The van der Waals surface area contributed by atoms with E-state index in [4.69, 9.17) is 0 Å². The Kier molecular flexibility index (Phi) is 13.0. The number of hydrogen-bond donors (Lipinski definition) is 0. The third kappa shape index (κ3) is 6.61. The average molecular weight is 624 g/mol. The second-order valence-electron chi connectivity index (χ2n) is 11.6. The largest absolute Gasteiger partial charge is 2.00 e. The van der Waals surface area contributed by atoms with E-state index in [1.54, 1.807) is 0 Å². The number of aryl methyl sites for hydroxylation is 4. The van der Waals surface area contributed by atoms with Gasteiger partial charge in [-0.05, 0) is 12.8 Å². The molecule has 0 aliphatic carbocycles. The molecule has 2 heteroatoms. The summed E-state index contributed by atoms with van der Waals surface area (Å²) in [5, 5.41) is 5.80. The predicted octanol–water partition coefficient (Wildman–Crippen LogP) is 11.1. The van der Waals surface area contributed by atoms with Crippen LogP contribution < -0.4 is 0 Å². The smallest absolute Gasteiger partial charge is 0.196 e. The monoisotopic (exact) mass is 622 g/mol. The van der Waals surface area contributed by atoms with Crippen molar-refractivity contribution in [3.8, 4) is 0 Å². The third-order valence-corrected chi connectivity index (χ3v) is 9.96. The molecule has 0 amide bonds. The van der Waals surface area contributed by atoms with E-state index in [-0.39, 0.29) is 33.0 Å². The fourth-order valence-electron chi connectivity index (χ4n) is 5.89. The van der Waals surface area contributed by atoms with Gasteiger partial charge in [0.1, 0.15) is 0 Å². The second-order valence-corrected chi connectivity index (χ2v) is 11.6. The molecule has 0 fully saturated rings. The van der Waals surface area contributed by atoms with Gasteiger partial charge in [-0.1, -0.05) is 96.9 Å². The fraction of sp³-hybridized carbons (Fsp3) is 0.421. The molecule has 5 aromatic carbocycles. The van der Waals surface area contributed by atoms with E-state index in [1.807, 2.05) is 0 Å². The van der Waals surface area contributed by atoms with E-state index in [2.05, 4.69) is 121 Å². The Morgan fingerprint density at radius 1 is 0.475 bits per heavy atom.